The van der Waals surface area contributed by atoms with Gasteiger partial charge in [-0.25, -0.2) is 14.4 Å². The Labute approximate surface area is 202 Å². The van der Waals surface area contributed by atoms with Gasteiger partial charge in [-0.05, 0) is 55.8 Å². The lowest BCUT2D eigenvalue weighted by Crippen LogP contribution is -2.43. The lowest BCUT2D eigenvalue weighted by molar-refractivity contribution is 0.187. The Morgan fingerprint density at radius 2 is 2.00 bits per heavy atom. The van der Waals surface area contributed by atoms with Gasteiger partial charge in [0.05, 0.1) is 12.8 Å². The smallest absolute Gasteiger partial charge is 0.192 e. The molecule has 9 heteroatoms. The van der Waals surface area contributed by atoms with Crippen molar-refractivity contribution in [2.24, 2.45) is 0 Å². The number of methoxy groups -OCH3 is 1. The monoisotopic (exact) mass is 492 g/mol. The predicted molar refractivity (Wildman–Crippen MR) is 137 cm³/mol. The van der Waals surface area contributed by atoms with Crippen molar-refractivity contribution in [3.8, 4) is 5.75 Å². The van der Waals surface area contributed by atoms with Crippen molar-refractivity contribution in [1.82, 2.24) is 9.97 Å². The van der Waals surface area contributed by atoms with Crippen LogP contribution in [0.1, 0.15) is 45.6 Å². The second-order valence-electron chi connectivity index (χ2n) is 10.1. The summed E-state index contributed by atoms with van der Waals surface area (Å²) in [4.78, 5) is 9.13. The molecule has 3 rings (SSSR count). The van der Waals surface area contributed by atoms with Gasteiger partial charge in [-0.1, -0.05) is 32.5 Å². The SMILES string of the molecule is COc1ccc(NCc2cnc(SC)nc2NC2CCC(O[Si](C)(C)C(C)(C)C)C2)c(F)c1. The summed E-state index contributed by atoms with van der Waals surface area (Å²) in [5.41, 5.74) is 1.32. The fourth-order valence-electron chi connectivity index (χ4n) is 3.66. The molecule has 6 nitrogen and oxygen atoms in total. The summed E-state index contributed by atoms with van der Waals surface area (Å²) in [7, 11) is -0.268. The summed E-state index contributed by atoms with van der Waals surface area (Å²) in [5.74, 6) is 0.935. The minimum atomic E-state index is -1.79. The Kier molecular flexibility index (Phi) is 8.29. The van der Waals surface area contributed by atoms with Crippen molar-refractivity contribution in [1.29, 1.82) is 0 Å². The van der Waals surface area contributed by atoms with Gasteiger partial charge in [0.2, 0.25) is 0 Å². The van der Waals surface area contributed by atoms with Crippen LogP contribution in [0.2, 0.25) is 18.1 Å². The molecule has 1 saturated carbocycles. The van der Waals surface area contributed by atoms with E-state index in [-0.39, 0.29) is 17.0 Å². The third kappa shape index (κ3) is 6.61. The summed E-state index contributed by atoms with van der Waals surface area (Å²) in [6.45, 7) is 11.9. The van der Waals surface area contributed by atoms with Crippen LogP contribution in [0.4, 0.5) is 15.9 Å². The number of hydrogen-bond donors (Lipinski definition) is 2. The first-order valence-corrected chi connectivity index (χ1v) is 15.6. The van der Waals surface area contributed by atoms with Crippen molar-refractivity contribution in [2.45, 2.75) is 82.0 Å². The molecule has 1 aromatic heterocycles. The quantitative estimate of drug-likeness (QED) is 0.241. The molecule has 182 valence electrons. The number of halogens is 1. The molecule has 0 aliphatic heterocycles. The fraction of sp³-hybridized carbons (Fsp3) is 0.583. The Bertz CT molecular complexity index is 955. The summed E-state index contributed by atoms with van der Waals surface area (Å²) in [6.07, 6.45) is 7.11. The molecule has 33 heavy (non-hydrogen) atoms. The topological polar surface area (TPSA) is 68.3 Å². The minimum absolute atomic E-state index is 0.202. The number of ether oxygens (including phenoxy) is 1. The molecule has 1 aliphatic carbocycles. The summed E-state index contributed by atoms with van der Waals surface area (Å²) in [5, 5.41) is 7.70. The average molecular weight is 493 g/mol. The first-order valence-electron chi connectivity index (χ1n) is 11.4. The fourth-order valence-corrected chi connectivity index (χ4v) is 5.41. The number of nitrogens with one attached hydrogen (secondary N) is 2. The second kappa shape index (κ2) is 10.6. The van der Waals surface area contributed by atoms with Gasteiger partial charge in [0.1, 0.15) is 17.4 Å². The van der Waals surface area contributed by atoms with Gasteiger partial charge in [-0.15, -0.1) is 0 Å². The van der Waals surface area contributed by atoms with Crippen LogP contribution in [0, 0.1) is 5.82 Å². The first kappa shape index (κ1) is 25.8. The Morgan fingerprint density at radius 3 is 2.64 bits per heavy atom. The molecular weight excluding hydrogens is 455 g/mol. The van der Waals surface area contributed by atoms with Crippen LogP contribution in [0.25, 0.3) is 0 Å². The molecule has 1 heterocycles. The number of hydrogen-bond acceptors (Lipinski definition) is 7. The van der Waals surface area contributed by atoms with E-state index in [1.165, 1.54) is 24.9 Å². The van der Waals surface area contributed by atoms with E-state index in [2.05, 4.69) is 49.5 Å². The van der Waals surface area contributed by atoms with Gasteiger partial charge in [-0.3, -0.25) is 0 Å². The van der Waals surface area contributed by atoms with Crippen LogP contribution in [-0.2, 0) is 11.0 Å². The summed E-state index contributed by atoms with van der Waals surface area (Å²) >= 11 is 1.51. The Hall–Kier alpha value is -1.84. The van der Waals surface area contributed by atoms with Gasteiger partial charge >= 0.3 is 0 Å². The van der Waals surface area contributed by atoms with Crippen LogP contribution in [0.15, 0.2) is 29.6 Å². The van der Waals surface area contributed by atoms with Crippen molar-refractivity contribution in [3.05, 3.63) is 35.8 Å². The molecule has 0 radical (unpaired) electrons. The molecule has 1 aliphatic rings. The van der Waals surface area contributed by atoms with E-state index in [0.29, 0.717) is 29.2 Å². The number of aromatic nitrogens is 2. The number of rotatable bonds is 9. The lowest BCUT2D eigenvalue weighted by atomic mass is 10.2. The molecule has 2 unspecified atom stereocenters. The Balaban J connectivity index is 1.68. The first-order chi connectivity index (χ1) is 15.5. The van der Waals surface area contributed by atoms with E-state index in [9.17, 15) is 4.39 Å². The van der Waals surface area contributed by atoms with Crippen LogP contribution >= 0.6 is 11.8 Å². The number of benzene rings is 1. The normalized spacial score (nSPS) is 18.9. The molecule has 2 aromatic rings. The van der Waals surface area contributed by atoms with E-state index in [1.54, 1.807) is 12.1 Å². The highest BCUT2D eigenvalue weighted by Gasteiger charge is 2.40. The van der Waals surface area contributed by atoms with Crippen LogP contribution in [0.5, 0.6) is 5.75 Å². The number of nitrogens with zero attached hydrogens (tertiary/aromatic N) is 2. The molecule has 2 atom stereocenters. The van der Waals surface area contributed by atoms with Gasteiger partial charge in [-0.2, -0.15) is 0 Å². The Morgan fingerprint density at radius 1 is 1.24 bits per heavy atom. The number of thioether (sulfide) groups is 1. The maximum absolute atomic E-state index is 14.3. The van der Waals surface area contributed by atoms with Crippen LogP contribution in [-0.4, -0.2) is 43.8 Å². The maximum atomic E-state index is 14.3. The van der Waals surface area contributed by atoms with Gasteiger partial charge in [0, 0.05) is 36.5 Å². The molecule has 0 amide bonds. The largest absolute Gasteiger partial charge is 0.497 e. The van der Waals surface area contributed by atoms with E-state index >= 15 is 0 Å². The van der Waals surface area contributed by atoms with Crippen molar-refractivity contribution >= 4 is 31.6 Å². The van der Waals surface area contributed by atoms with E-state index in [4.69, 9.17) is 14.1 Å². The molecule has 2 N–H and O–H groups in total. The predicted octanol–water partition coefficient (Wildman–Crippen LogP) is 6.31. The van der Waals surface area contributed by atoms with Crippen LogP contribution in [0.3, 0.4) is 0 Å². The van der Waals surface area contributed by atoms with E-state index in [0.717, 1.165) is 30.6 Å². The van der Waals surface area contributed by atoms with E-state index in [1.807, 2.05) is 12.5 Å². The maximum Gasteiger partial charge on any atom is 0.192 e. The minimum Gasteiger partial charge on any atom is -0.497 e. The van der Waals surface area contributed by atoms with Gasteiger partial charge in [0.25, 0.3) is 0 Å². The zero-order valence-electron chi connectivity index (χ0n) is 20.8. The highest BCUT2D eigenvalue weighted by molar-refractivity contribution is 7.98. The highest BCUT2D eigenvalue weighted by Crippen LogP contribution is 2.40. The molecule has 0 bridgehead atoms. The molecule has 1 fully saturated rings. The van der Waals surface area contributed by atoms with Gasteiger partial charge < -0.3 is 19.8 Å². The van der Waals surface area contributed by atoms with Crippen molar-refractivity contribution in [3.63, 3.8) is 0 Å². The van der Waals surface area contributed by atoms with Crippen molar-refractivity contribution < 1.29 is 13.6 Å². The molecule has 1 aromatic carbocycles. The molecular formula is C24H37FN4O2SSi. The van der Waals surface area contributed by atoms with Crippen LogP contribution < -0.4 is 15.4 Å². The third-order valence-corrected chi connectivity index (χ3v) is 11.8. The van der Waals surface area contributed by atoms with E-state index < -0.39 is 8.32 Å². The van der Waals surface area contributed by atoms with Crippen molar-refractivity contribution in [2.75, 3.05) is 24.0 Å². The summed E-state index contributed by atoms with van der Waals surface area (Å²) in [6, 6.07) is 5.08. The zero-order valence-corrected chi connectivity index (χ0v) is 22.6. The lowest BCUT2D eigenvalue weighted by Gasteiger charge is -2.38. The second-order valence-corrected chi connectivity index (χ2v) is 15.6. The highest BCUT2D eigenvalue weighted by atomic mass is 32.2. The average Bonchev–Trinajstić information content (AvgIpc) is 3.18. The zero-order chi connectivity index (χ0) is 24.2. The number of anilines is 2. The third-order valence-electron chi connectivity index (χ3n) is 6.66. The molecule has 0 spiro atoms. The standard InChI is InChI=1S/C24H37FN4O2SSi/c1-24(2,3)33(6,7)31-19-9-8-17(12-19)28-22-16(15-27-23(29-22)32-5)14-26-21-11-10-18(30-4)13-20(21)25/h10-11,13,15,17,19,26H,8-9,12,14H2,1-7H3,(H,27,28,29). The van der Waals surface area contributed by atoms with Gasteiger partial charge in [0.15, 0.2) is 13.5 Å². The molecule has 0 saturated heterocycles. The summed E-state index contributed by atoms with van der Waals surface area (Å²) < 4.78 is 26.1.